The molecule has 0 fully saturated rings. The topological polar surface area (TPSA) is 24.9 Å². The van der Waals surface area contributed by atoms with Crippen LogP contribution in [-0.2, 0) is 0 Å². The summed E-state index contributed by atoms with van der Waals surface area (Å²) < 4.78 is 0. The van der Waals surface area contributed by atoms with E-state index in [0.717, 1.165) is 12.4 Å². The first-order valence-electron chi connectivity index (χ1n) is 6.18. The number of pyridine rings is 1. The van der Waals surface area contributed by atoms with Gasteiger partial charge in [-0.25, -0.2) is 4.98 Å². The first kappa shape index (κ1) is 13.0. The van der Waals surface area contributed by atoms with Crippen LogP contribution < -0.4 is 5.32 Å². The fourth-order valence-corrected chi connectivity index (χ4v) is 2.13. The van der Waals surface area contributed by atoms with E-state index in [1.54, 1.807) is 0 Å². The van der Waals surface area contributed by atoms with Gasteiger partial charge >= 0.3 is 0 Å². The van der Waals surface area contributed by atoms with Gasteiger partial charge in [0.05, 0.1) is 0 Å². The third-order valence-electron chi connectivity index (χ3n) is 3.23. The Hall–Kier alpha value is -1.05. The third kappa shape index (κ3) is 3.51. The highest BCUT2D eigenvalue weighted by Crippen LogP contribution is 2.21. The number of nitrogens with zero attached hydrogens (tertiary/aromatic N) is 1. The molecule has 0 aromatic carbocycles. The normalized spacial score (nSPS) is 11.5. The van der Waals surface area contributed by atoms with Crippen LogP contribution in [0.1, 0.15) is 33.3 Å². The highest BCUT2D eigenvalue weighted by Gasteiger charge is 2.17. The molecule has 1 N–H and O–H groups in total. The van der Waals surface area contributed by atoms with Gasteiger partial charge in [-0.15, -0.1) is 0 Å². The van der Waals surface area contributed by atoms with E-state index in [1.807, 2.05) is 12.3 Å². The zero-order valence-electron chi connectivity index (χ0n) is 11.1. The number of aromatic nitrogens is 1. The molecule has 0 atom stereocenters. The van der Waals surface area contributed by atoms with Crippen molar-refractivity contribution >= 4 is 5.82 Å². The lowest BCUT2D eigenvalue weighted by atomic mass is 9.85. The number of rotatable bonds is 5. The van der Waals surface area contributed by atoms with Crippen molar-refractivity contribution in [2.24, 2.45) is 17.8 Å². The molecule has 0 amide bonds. The van der Waals surface area contributed by atoms with Crippen molar-refractivity contribution in [3.63, 3.8) is 0 Å². The summed E-state index contributed by atoms with van der Waals surface area (Å²) in [4.78, 5) is 4.36. The molecular weight excluding hydrogens is 196 g/mol. The summed E-state index contributed by atoms with van der Waals surface area (Å²) >= 11 is 0. The largest absolute Gasteiger partial charge is 0.370 e. The Balaban J connectivity index is 2.59. The maximum absolute atomic E-state index is 4.36. The SMILES string of the molecule is Cc1cccnc1NCC(C(C)C)C(C)C. The molecule has 0 aliphatic carbocycles. The minimum atomic E-state index is 0.696. The molecule has 0 aliphatic heterocycles. The fourth-order valence-electron chi connectivity index (χ4n) is 2.13. The number of anilines is 1. The molecule has 2 nitrogen and oxygen atoms in total. The lowest BCUT2D eigenvalue weighted by Crippen LogP contribution is -2.25. The Bertz CT molecular complexity index is 310. The monoisotopic (exact) mass is 220 g/mol. The molecule has 1 aromatic heterocycles. The van der Waals surface area contributed by atoms with Gasteiger partial charge in [-0.2, -0.15) is 0 Å². The van der Waals surface area contributed by atoms with Crippen molar-refractivity contribution in [1.82, 2.24) is 4.98 Å². The van der Waals surface area contributed by atoms with E-state index in [2.05, 4.69) is 51.0 Å². The van der Waals surface area contributed by atoms with Crippen LogP contribution in [0.4, 0.5) is 5.82 Å². The van der Waals surface area contributed by atoms with Crippen molar-refractivity contribution in [2.45, 2.75) is 34.6 Å². The van der Waals surface area contributed by atoms with E-state index in [0.29, 0.717) is 17.8 Å². The minimum absolute atomic E-state index is 0.696. The fraction of sp³-hybridized carbons (Fsp3) is 0.643. The van der Waals surface area contributed by atoms with E-state index < -0.39 is 0 Å². The second-order valence-corrected chi connectivity index (χ2v) is 5.20. The van der Waals surface area contributed by atoms with E-state index in [9.17, 15) is 0 Å². The molecule has 16 heavy (non-hydrogen) atoms. The lowest BCUT2D eigenvalue weighted by Gasteiger charge is -2.25. The third-order valence-corrected chi connectivity index (χ3v) is 3.23. The van der Waals surface area contributed by atoms with Crippen LogP contribution in [0.5, 0.6) is 0 Å². The molecule has 0 aliphatic rings. The summed E-state index contributed by atoms with van der Waals surface area (Å²) in [6, 6.07) is 4.07. The molecule has 1 rings (SSSR count). The van der Waals surface area contributed by atoms with Crippen molar-refractivity contribution in [3.05, 3.63) is 23.9 Å². The summed E-state index contributed by atoms with van der Waals surface area (Å²) in [5, 5.41) is 3.46. The molecule has 0 saturated heterocycles. The molecule has 2 heteroatoms. The summed E-state index contributed by atoms with van der Waals surface area (Å²) in [6.07, 6.45) is 1.84. The van der Waals surface area contributed by atoms with E-state index in [1.165, 1.54) is 5.56 Å². The summed E-state index contributed by atoms with van der Waals surface area (Å²) in [6.45, 7) is 12.3. The molecule has 0 radical (unpaired) electrons. The van der Waals surface area contributed by atoms with Crippen molar-refractivity contribution < 1.29 is 0 Å². The zero-order valence-corrected chi connectivity index (χ0v) is 11.1. The van der Waals surface area contributed by atoms with E-state index >= 15 is 0 Å². The molecule has 1 heterocycles. The second-order valence-electron chi connectivity index (χ2n) is 5.20. The Morgan fingerprint density at radius 2 is 1.81 bits per heavy atom. The lowest BCUT2D eigenvalue weighted by molar-refractivity contribution is 0.304. The van der Waals surface area contributed by atoms with Crippen LogP contribution in [0.25, 0.3) is 0 Å². The van der Waals surface area contributed by atoms with Crippen molar-refractivity contribution in [3.8, 4) is 0 Å². The number of hydrogen-bond acceptors (Lipinski definition) is 2. The Morgan fingerprint density at radius 1 is 1.19 bits per heavy atom. The number of hydrogen-bond donors (Lipinski definition) is 1. The maximum Gasteiger partial charge on any atom is 0.128 e. The number of aryl methyl sites for hydroxylation is 1. The van der Waals surface area contributed by atoms with Gasteiger partial charge in [0.2, 0.25) is 0 Å². The van der Waals surface area contributed by atoms with E-state index in [-0.39, 0.29) is 0 Å². The first-order valence-corrected chi connectivity index (χ1v) is 6.18. The Morgan fingerprint density at radius 3 is 2.31 bits per heavy atom. The van der Waals surface area contributed by atoms with Crippen LogP contribution in [0, 0.1) is 24.7 Å². The maximum atomic E-state index is 4.36. The van der Waals surface area contributed by atoms with Crippen LogP contribution in [-0.4, -0.2) is 11.5 Å². The van der Waals surface area contributed by atoms with Crippen molar-refractivity contribution in [2.75, 3.05) is 11.9 Å². The van der Waals surface area contributed by atoms with Gasteiger partial charge in [0, 0.05) is 12.7 Å². The van der Waals surface area contributed by atoms with Crippen LogP contribution >= 0.6 is 0 Å². The van der Waals surface area contributed by atoms with Crippen LogP contribution in [0.15, 0.2) is 18.3 Å². The van der Waals surface area contributed by atoms with Gasteiger partial charge < -0.3 is 5.32 Å². The van der Waals surface area contributed by atoms with Gasteiger partial charge in [0.25, 0.3) is 0 Å². The molecule has 0 spiro atoms. The first-order chi connectivity index (χ1) is 7.52. The summed E-state index contributed by atoms with van der Waals surface area (Å²) in [7, 11) is 0. The Labute approximate surface area is 99.5 Å². The molecule has 0 bridgehead atoms. The molecule has 0 saturated carbocycles. The van der Waals surface area contributed by atoms with Gasteiger partial charge in [-0.1, -0.05) is 33.8 Å². The molecule has 0 unspecified atom stereocenters. The average Bonchev–Trinajstić information content (AvgIpc) is 2.20. The second kappa shape index (κ2) is 5.88. The number of nitrogens with one attached hydrogen (secondary N) is 1. The predicted molar refractivity (Wildman–Crippen MR) is 70.6 cm³/mol. The van der Waals surface area contributed by atoms with E-state index in [4.69, 9.17) is 0 Å². The zero-order chi connectivity index (χ0) is 12.1. The van der Waals surface area contributed by atoms with Gasteiger partial charge in [-0.05, 0) is 36.3 Å². The summed E-state index contributed by atoms with van der Waals surface area (Å²) in [5.41, 5.74) is 1.22. The van der Waals surface area contributed by atoms with Gasteiger partial charge in [-0.3, -0.25) is 0 Å². The predicted octanol–water partition coefficient (Wildman–Crippen LogP) is 3.73. The van der Waals surface area contributed by atoms with Gasteiger partial charge in [0.15, 0.2) is 0 Å². The molecular formula is C14H24N2. The minimum Gasteiger partial charge on any atom is -0.370 e. The van der Waals surface area contributed by atoms with Gasteiger partial charge in [0.1, 0.15) is 5.82 Å². The van der Waals surface area contributed by atoms with Crippen LogP contribution in [0.2, 0.25) is 0 Å². The van der Waals surface area contributed by atoms with Crippen LogP contribution in [0.3, 0.4) is 0 Å². The molecule has 1 aromatic rings. The highest BCUT2D eigenvalue weighted by molar-refractivity contribution is 5.42. The van der Waals surface area contributed by atoms with Crippen molar-refractivity contribution in [1.29, 1.82) is 0 Å². The quantitative estimate of drug-likeness (QED) is 0.818. The highest BCUT2D eigenvalue weighted by atomic mass is 15.0. The smallest absolute Gasteiger partial charge is 0.128 e. The molecule has 90 valence electrons. The standard InChI is InChI=1S/C14H24N2/c1-10(2)13(11(3)4)9-16-14-12(5)7-6-8-15-14/h6-8,10-11,13H,9H2,1-5H3,(H,15,16). The Kier molecular flexibility index (Phi) is 4.78. The average molecular weight is 220 g/mol. The summed E-state index contributed by atoms with van der Waals surface area (Å²) in [5.74, 6) is 3.13.